The smallest absolute Gasteiger partial charge is 0.355 e. The number of methoxy groups -OCH3 is 2. The van der Waals surface area contributed by atoms with Crippen molar-refractivity contribution >= 4 is 45.6 Å². The van der Waals surface area contributed by atoms with Gasteiger partial charge in [-0.1, -0.05) is 6.07 Å². The molecule has 0 amide bonds. The first-order chi connectivity index (χ1) is 21.9. The van der Waals surface area contributed by atoms with Crippen molar-refractivity contribution in [3.05, 3.63) is 59.8 Å². The van der Waals surface area contributed by atoms with Gasteiger partial charge in [-0.3, -0.25) is 0 Å². The average Bonchev–Trinajstić information content (AvgIpc) is 3.79. The monoisotopic (exact) mass is 631 g/mol. The molecule has 11 nitrogen and oxygen atoms in total. The number of benzene rings is 3. The molecule has 1 aliphatic rings. The summed E-state index contributed by atoms with van der Waals surface area (Å²) in [5.41, 5.74) is 4.44. The summed E-state index contributed by atoms with van der Waals surface area (Å²) in [5, 5.41) is 10.1. The molecule has 0 spiro atoms. The van der Waals surface area contributed by atoms with Gasteiger partial charge in [0.25, 0.3) is 0 Å². The standard InChI is InChI=1S/C33H33N3O8S/c1-4-42-33(39)32-31(22-11-10-21(40-2)14-27(22)43-18-30(37)38)23-15-28(41-3)29(44-20-7-5-6-8-20)16-26(23)36(32)17-19-9-12-24-25(13-19)35-45-34-24/h9-16,20H,4-8,17-18H2,1-3H3,(H,37,38). The Hall–Kier alpha value is -4.84. The Morgan fingerprint density at radius 3 is 2.49 bits per heavy atom. The first-order valence-corrected chi connectivity index (χ1v) is 15.4. The van der Waals surface area contributed by atoms with Gasteiger partial charge in [0.2, 0.25) is 0 Å². The summed E-state index contributed by atoms with van der Waals surface area (Å²) in [7, 11) is 3.09. The van der Waals surface area contributed by atoms with Crippen molar-refractivity contribution in [3.63, 3.8) is 0 Å². The molecule has 0 bridgehead atoms. The van der Waals surface area contributed by atoms with E-state index in [1.807, 2.05) is 34.9 Å². The summed E-state index contributed by atoms with van der Waals surface area (Å²) in [5.74, 6) is 0.113. The van der Waals surface area contributed by atoms with E-state index in [4.69, 9.17) is 23.7 Å². The van der Waals surface area contributed by atoms with Crippen LogP contribution in [0.3, 0.4) is 0 Å². The van der Waals surface area contributed by atoms with Crippen LogP contribution in [0.5, 0.6) is 23.0 Å². The first kappa shape index (κ1) is 30.2. The maximum atomic E-state index is 13.9. The van der Waals surface area contributed by atoms with Crippen LogP contribution >= 0.6 is 11.7 Å². The molecular weight excluding hydrogens is 598 g/mol. The molecule has 0 aliphatic heterocycles. The zero-order valence-electron chi connectivity index (χ0n) is 25.2. The molecule has 0 saturated heterocycles. The van der Waals surface area contributed by atoms with E-state index in [1.54, 1.807) is 32.2 Å². The van der Waals surface area contributed by atoms with Crippen molar-refractivity contribution in [2.24, 2.45) is 0 Å². The predicted molar refractivity (Wildman–Crippen MR) is 169 cm³/mol. The van der Waals surface area contributed by atoms with Crippen molar-refractivity contribution in [3.8, 4) is 34.1 Å². The highest BCUT2D eigenvalue weighted by Gasteiger charge is 2.30. The van der Waals surface area contributed by atoms with Crippen LogP contribution in [-0.4, -0.2) is 63.9 Å². The number of esters is 1. The van der Waals surface area contributed by atoms with Crippen LogP contribution in [0, 0.1) is 0 Å². The van der Waals surface area contributed by atoms with Crippen molar-refractivity contribution in [1.82, 2.24) is 13.3 Å². The molecular formula is C33H33N3O8S. The number of aromatic nitrogens is 3. The lowest BCUT2D eigenvalue weighted by Crippen LogP contribution is -2.15. The molecule has 5 aromatic rings. The molecule has 0 atom stereocenters. The van der Waals surface area contributed by atoms with Crippen LogP contribution in [-0.2, 0) is 16.1 Å². The highest BCUT2D eigenvalue weighted by atomic mass is 32.1. The molecule has 1 aliphatic carbocycles. The second-order valence-corrected chi connectivity index (χ2v) is 11.2. The molecule has 2 heterocycles. The van der Waals surface area contributed by atoms with Crippen LogP contribution in [0.4, 0.5) is 0 Å². The average molecular weight is 632 g/mol. The van der Waals surface area contributed by atoms with Crippen LogP contribution in [0.25, 0.3) is 33.1 Å². The topological polar surface area (TPSA) is 131 Å². The highest BCUT2D eigenvalue weighted by molar-refractivity contribution is 7.00. The van der Waals surface area contributed by atoms with Gasteiger partial charge in [-0.2, -0.15) is 8.75 Å². The minimum Gasteiger partial charge on any atom is -0.497 e. The largest absolute Gasteiger partial charge is 0.497 e. The number of carbonyl (C=O) groups excluding carboxylic acids is 1. The fourth-order valence-electron chi connectivity index (χ4n) is 5.85. The number of hydrogen-bond donors (Lipinski definition) is 1. The second kappa shape index (κ2) is 13.0. The molecule has 0 radical (unpaired) electrons. The third-order valence-corrected chi connectivity index (χ3v) is 8.44. The summed E-state index contributed by atoms with van der Waals surface area (Å²) >= 11 is 1.14. The molecule has 1 N–H and O–H groups in total. The molecule has 2 aromatic heterocycles. The maximum absolute atomic E-state index is 13.9. The number of nitrogens with zero attached hydrogens (tertiary/aromatic N) is 3. The van der Waals surface area contributed by atoms with Gasteiger partial charge in [0.05, 0.1) is 44.2 Å². The quantitative estimate of drug-likeness (QED) is 0.156. The number of carbonyl (C=O) groups is 2. The third-order valence-electron chi connectivity index (χ3n) is 7.88. The van der Waals surface area contributed by atoms with Crippen molar-refractivity contribution in [2.45, 2.75) is 45.3 Å². The van der Waals surface area contributed by atoms with Crippen LogP contribution in [0.2, 0.25) is 0 Å². The summed E-state index contributed by atoms with van der Waals surface area (Å²) in [6.45, 7) is 1.62. The summed E-state index contributed by atoms with van der Waals surface area (Å²) in [4.78, 5) is 25.4. The normalized spacial score (nSPS) is 13.3. The van der Waals surface area contributed by atoms with E-state index in [-0.39, 0.29) is 24.2 Å². The van der Waals surface area contributed by atoms with Gasteiger partial charge in [0, 0.05) is 35.2 Å². The Labute approximate surface area is 263 Å². The van der Waals surface area contributed by atoms with E-state index in [0.29, 0.717) is 45.8 Å². The predicted octanol–water partition coefficient (Wildman–Crippen LogP) is 6.34. The molecule has 45 heavy (non-hydrogen) atoms. The summed E-state index contributed by atoms with van der Waals surface area (Å²) in [6, 6.07) is 14.7. The Balaban J connectivity index is 1.63. The zero-order valence-corrected chi connectivity index (χ0v) is 26.0. The molecule has 12 heteroatoms. The number of ether oxygens (including phenoxy) is 5. The number of carboxylic acids is 1. The van der Waals surface area contributed by atoms with Gasteiger partial charge in [-0.25, -0.2) is 9.59 Å². The van der Waals surface area contributed by atoms with Gasteiger partial charge < -0.3 is 33.4 Å². The number of aliphatic carboxylic acids is 1. The molecule has 3 aromatic carbocycles. The molecule has 234 valence electrons. The minimum atomic E-state index is -1.14. The molecule has 0 unspecified atom stereocenters. The van der Waals surface area contributed by atoms with Gasteiger partial charge in [0.1, 0.15) is 28.2 Å². The number of fused-ring (bicyclic) bond motifs is 2. The lowest BCUT2D eigenvalue weighted by molar-refractivity contribution is -0.139. The Bertz CT molecular complexity index is 1880. The van der Waals surface area contributed by atoms with E-state index in [1.165, 1.54) is 7.11 Å². The molecule has 1 saturated carbocycles. The van der Waals surface area contributed by atoms with Crippen LogP contribution in [0.1, 0.15) is 48.7 Å². The van der Waals surface area contributed by atoms with Gasteiger partial charge in [-0.15, -0.1) is 0 Å². The van der Waals surface area contributed by atoms with E-state index in [9.17, 15) is 14.7 Å². The van der Waals surface area contributed by atoms with E-state index in [0.717, 1.165) is 54.0 Å². The lowest BCUT2D eigenvalue weighted by Gasteiger charge is -2.17. The SMILES string of the molecule is CCOC(=O)c1c(-c2ccc(OC)cc2OCC(=O)O)c2cc(OC)c(OC3CCCC3)cc2n1Cc1ccc2nsnc2c1. The van der Waals surface area contributed by atoms with Crippen LogP contribution in [0.15, 0.2) is 48.5 Å². The first-order valence-electron chi connectivity index (χ1n) is 14.7. The van der Waals surface area contributed by atoms with Crippen molar-refractivity contribution < 1.29 is 38.4 Å². The summed E-state index contributed by atoms with van der Waals surface area (Å²) < 4.78 is 39.7. The second-order valence-electron chi connectivity index (χ2n) is 10.7. The number of rotatable bonds is 12. The van der Waals surface area contributed by atoms with Crippen LogP contribution < -0.4 is 18.9 Å². The van der Waals surface area contributed by atoms with E-state index < -0.39 is 18.5 Å². The lowest BCUT2D eigenvalue weighted by atomic mass is 10.00. The van der Waals surface area contributed by atoms with Crippen molar-refractivity contribution in [1.29, 1.82) is 0 Å². The summed E-state index contributed by atoms with van der Waals surface area (Å²) in [6.07, 6.45) is 4.19. The Morgan fingerprint density at radius 2 is 1.76 bits per heavy atom. The van der Waals surface area contributed by atoms with E-state index >= 15 is 0 Å². The highest BCUT2D eigenvalue weighted by Crippen LogP contribution is 2.46. The van der Waals surface area contributed by atoms with Gasteiger partial charge >= 0.3 is 11.9 Å². The minimum absolute atomic E-state index is 0.0703. The van der Waals surface area contributed by atoms with Gasteiger partial charge in [-0.05, 0) is 68.5 Å². The fourth-order valence-corrected chi connectivity index (χ4v) is 6.36. The van der Waals surface area contributed by atoms with Gasteiger partial charge in [0.15, 0.2) is 18.1 Å². The maximum Gasteiger partial charge on any atom is 0.355 e. The molecule has 6 rings (SSSR count). The fraction of sp³-hybridized carbons (Fsp3) is 0.333. The number of hydrogen-bond acceptors (Lipinski definition) is 10. The molecule has 1 fully saturated rings. The Morgan fingerprint density at radius 1 is 0.956 bits per heavy atom. The van der Waals surface area contributed by atoms with Crippen molar-refractivity contribution in [2.75, 3.05) is 27.4 Å². The Kier molecular flexibility index (Phi) is 8.74. The zero-order chi connectivity index (χ0) is 31.5. The third kappa shape index (κ3) is 6.10. The van der Waals surface area contributed by atoms with E-state index in [2.05, 4.69) is 8.75 Å². The number of carboxylic acid groups (broad SMARTS) is 1.